The van der Waals surface area contributed by atoms with Gasteiger partial charge >= 0.3 is 0 Å². The van der Waals surface area contributed by atoms with Gasteiger partial charge in [-0.15, -0.1) is 0 Å². The number of aromatic nitrogens is 1. The van der Waals surface area contributed by atoms with Crippen LogP contribution >= 0.6 is 11.6 Å². The number of amides is 1. The molecule has 0 spiro atoms. The molecule has 4 N–H and O–H groups in total. The second kappa shape index (κ2) is 5.20. The minimum Gasteiger partial charge on any atom is -0.384 e. The Hall–Kier alpha value is -2.79. The van der Waals surface area contributed by atoms with Crippen molar-refractivity contribution in [2.45, 2.75) is 0 Å². The van der Waals surface area contributed by atoms with E-state index in [0.29, 0.717) is 21.5 Å². The van der Waals surface area contributed by atoms with Gasteiger partial charge in [-0.1, -0.05) is 29.8 Å². The lowest BCUT2D eigenvalue weighted by Gasteiger charge is -2.07. The number of para-hydroxylation sites is 1. The van der Waals surface area contributed by atoms with Crippen LogP contribution in [0.25, 0.3) is 10.9 Å². The zero-order chi connectivity index (χ0) is 15.9. The summed E-state index contributed by atoms with van der Waals surface area (Å²) in [5.74, 6) is -0.983. The standard InChI is InChI=1S/C16H12ClN3O2/c17-10-7-5-9(6-8-10)16(22)20-12-4-2-1-3-11(12)13(14(20)18)15(19)21/h1-8H,18H2,(H2,19,21). The maximum Gasteiger partial charge on any atom is 0.263 e. The predicted octanol–water partition coefficient (Wildman–Crippen LogP) is 2.66. The van der Waals surface area contributed by atoms with Crippen molar-refractivity contribution >= 4 is 40.1 Å². The Morgan fingerprint density at radius 1 is 1.00 bits per heavy atom. The summed E-state index contributed by atoms with van der Waals surface area (Å²) in [5.41, 5.74) is 12.5. The predicted molar refractivity (Wildman–Crippen MR) is 86.0 cm³/mol. The van der Waals surface area contributed by atoms with Crippen molar-refractivity contribution in [1.29, 1.82) is 0 Å². The smallest absolute Gasteiger partial charge is 0.263 e. The zero-order valence-electron chi connectivity index (χ0n) is 11.4. The van der Waals surface area contributed by atoms with Gasteiger partial charge in [-0.3, -0.25) is 14.2 Å². The van der Waals surface area contributed by atoms with Gasteiger partial charge in [0.1, 0.15) is 5.82 Å². The van der Waals surface area contributed by atoms with Crippen LogP contribution in [0.2, 0.25) is 5.02 Å². The van der Waals surface area contributed by atoms with Crippen LogP contribution in [0, 0.1) is 0 Å². The number of benzene rings is 2. The minimum absolute atomic E-state index is 0.0358. The molecule has 0 bridgehead atoms. The summed E-state index contributed by atoms with van der Waals surface area (Å²) >= 11 is 5.83. The molecule has 0 fully saturated rings. The van der Waals surface area contributed by atoms with Crippen LogP contribution in [0.15, 0.2) is 48.5 Å². The van der Waals surface area contributed by atoms with E-state index in [2.05, 4.69) is 0 Å². The van der Waals surface area contributed by atoms with Crippen molar-refractivity contribution in [3.63, 3.8) is 0 Å². The molecule has 2 aromatic carbocycles. The van der Waals surface area contributed by atoms with Crippen molar-refractivity contribution in [3.05, 3.63) is 64.7 Å². The molecule has 0 unspecified atom stereocenters. The summed E-state index contributed by atoms with van der Waals surface area (Å²) < 4.78 is 1.29. The van der Waals surface area contributed by atoms with Crippen molar-refractivity contribution in [2.75, 3.05) is 5.73 Å². The third kappa shape index (κ3) is 2.12. The summed E-state index contributed by atoms with van der Waals surface area (Å²) in [4.78, 5) is 24.4. The van der Waals surface area contributed by atoms with Crippen molar-refractivity contribution < 1.29 is 9.59 Å². The topological polar surface area (TPSA) is 91.1 Å². The molecule has 6 heteroatoms. The molecule has 0 atom stereocenters. The number of rotatable bonds is 2. The van der Waals surface area contributed by atoms with E-state index >= 15 is 0 Å². The van der Waals surface area contributed by atoms with Gasteiger partial charge in [0, 0.05) is 16.0 Å². The van der Waals surface area contributed by atoms with Crippen LogP contribution < -0.4 is 11.5 Å². The molecule has 5 nitrogen and oxygen atoms in total. The number of halogens is 1. The van der Waals surface area contributed by atoms with Crippen LogP contribution in [0.4, 0.5) is 5.82 Å². The maximum atomic E-state index is 12.7. The monoisotopic (exact) mass is 313 g/mol. The average Bonchev–Trinajstić information content (AvgIpc) is 2.79. The van der Waals surface area contributed by atoms with E-state index in [1.807, 2.05) is 0 Å². The van der Waals surface area contributed by atoms with Crippen LogP contribution in [0.5, 0.6) is 0 Å². The number of primary amides is 1. The van der Waals surface area contributed by atoms with Crippen LogP contribution in [-0.2, 0) is 0 Å². The van der Waals surface area contributed by atoms with Gasteiger partial charge in [0.25, 0.3) is 11.8 Å². The molecule has 0 aliphatic rings. The number of hydrogen-bond donors (Lipinski definition) is 2. The fourth-order valence-corrected chi connectivity index (χ4v) is 2.58. The summed E-state index contributed by atoms with van der Waals surface area (Å²) in [6.45, 7) is 0. The number of nitrogen functional groups attached to an aromatic ring is 1. The Balaban J connectivity index is 2.27. The van der Waals surface area contributed by atoms with Crippen molar-refractivity contribution in [3.8, 4) is 0 Å². The lowest BCUT2D eigenvalue weighted by Crippen LogP contribution is -2.17. The Bertz CT molecular complexity index is 898. The van der Waals surface area contributed by atoms with Crippen LogP contribution in [-0.4, -0.2) is 16.4 Å². The van der Waals surface area contributed by atoms with Gasteiger partial charge in [0.15, 0.2) is 0 Å². The van der Waals surface area contributed by atoms with Gasteiger partial charge in [-0.25, -0.2) is 0 Å². The van der Waals surface area contributed by atoms with E-state index in [-0.39, 0.29) is 17.3 Å². The molecule has 3 aromatic rings. The molecule has 0 radical (unpaired) electrons. The molecule has 0 saturated heterocycles. The van der Waals surface area contributed by atoms with Gasteiger partial charge in [0.05, 0.1) is 11.1 Å². The molecule has 110 valence electrons. The first-order valence-corrected chi connectivity index (χ1v) is 6.87. The van der Waals surface area contributed by atoms with E-state index in [0.717, 1.165) is 0 Å². The van der Waals surface area contributed by atoms with Crippen molar-refractivity contribution in [2.24, 2.45) is 5.73 Å². The molecule has 0 aliphatic carbocycles. The Morgan fingerprint density at radius 2 is 1.64 bits per heavy atom. The lowest BCUT2D eigenvalue weighted by atomic mass is 10.1. The third-order valence-corrected chi connectivity index (χ3v) is 3.70. The largest absolute Gasteiger partial charge is 0.384 e. The second-order valence-corrected chi connectivity index (χ2v) is 5.23. The summed E-state index contributed by atoms with van der Waals surface area (Å²) in [6.07, 6.45) is 0. The molecular formula is C16H12ClN3O2. The third-order valence-electron chi connectivity index (χ3n) is 3.45. The first-order chi connectivity index (χ1) is 10.5. The molecule has 0 saturated carbocycles. The minimum atomic E-state index is -0.670. The second-order valence-electron chi connectivity index (χ2n) is 4.79. The Labute approximate surface area is 131 Å². The van der Waals surface area contributed by atoms with Gasteiger partial charge in [-0.2, -0.15) is 0 Å². The van der Waals surface area contributed by atoms with E-state index in [9.17, 15) is 9.59 Å². The first-order valence-electron chi connectivity index (χ1n) is 6.49. The highest BCUT2D eigenvalue weighted by Crippen LogP contribution is 2.28. The molecular weight excluding hydrogens is 302 g/mol. The number of nitrogens with zero attached hydrogens (tertiary/aromatic N) is 1. The first kappa shape index (κ1) is 14.2. The van der Waals surface area contributed by atoms with E-state index in [4.69, 9.17) is 23.1 Å². The maximum absolute atomic E-state index is 12.7. The fraction of sp³-hybridized carbons (Fsp3) is 0. The normalized spacial score (nSPS) is 10.8. The fourth-order valence-electron chi connectivity index (χ4n) is 2.46. The number of anilines is 1. The summed E-state index contributed by atoms with van der Waals surface area (Å²) in [7, 11) is 0. The van der Waals surface area contributed by atoms with E-state index in [1.165, 1.54) is 4.57 Å². The number of carbonyl (C=O) groups is 2. The molecule has 3 rings (SSSR count). The van der Waals surface area contributed by atoms with Crippen LogP contribution in [0.1, 0.15) is 20.7 Å². The number of fused-ring (bicyclic) bond motifs is 1. The van der Waals surface area contributed by atoms with Gasteiger partial charge in [-0.05, 0) is 30.3 Å². The number of carbonyl (C=O) groups excluding carboxylic acids is 2. The molecule has 1 amide bonds. The molecule has 0 aliphatic heterocycles. The highest BCUT2D eigenvalue weighted by atomic mass is 35.5. The number of hydrogen-bond acceptors (Lipinski definition) is 3. The molecule has 1 heterocycles. The Morgan fingerprint density at radius 3 is 2.27 bits per heavy atom. The van der Waals surface area contributed by atoms with E-state index in [1.54, 1.807) is 48.5 Å². The highest BCUT2D eigenvalue weighted by Gasteiger charge is 2.22. The summed E-state index contributed by atoms with van der Waals surface area (Å²) in [6, 6.07) is 13.4. The molecule has 22 heavy (non-hydrogen) atoms. The SMILES string of the molecule is NC(=O)c1c(N)n(C(=O)c2ccc(Cl)cc2)c2ccccc12. The average molecular weight is 314 g/mol. The van der Waals surface area contributed by atoms with Gasteiger partial charge < -0.3 is 11.5 Å². The quantitative estimate of drug-likeness (QED) is 0.762. The zero-order valence-corrected chi connectivity index (χ0v) is 12.2. The van der Waals surface area contributed by atoms with Gasteiger partial charge in [0.2, 0.25) is 0 Å². The van der Waals surface area contributed by atoms with Crippen molar-refractivity contribution in [1.82, 2.24) is 4.57 Å². The highest BCUT2D eigenvalue weighted by molar-refractivity contribution is 6.30. The number of nitrogens with two attached hydrogens (primary N) is 2. The lowest BCUT2D eigenvalue weighted by molar-refractivity contribution is 0.0967. The van der Waals surface area contributed by atoms with Crippen LogP contribution in [0.3, 0.4) is 0 Å². The Kier molecular flexibility index (Phi) is 3.35. The summed E-state index contributed by atoms with van der Waals surface area (Å²) in [5, 5.41) is 1.08. The molecule has 1 aromatic heterocycles. The van der Waals surface area contributed by atoms with E-state index < -0.39 is 5.91 Å².